The second kappa shape index (κ2) is 8.82. The lowest BCUT2D eigenvalue weighted by Crippen LogP contribution is -2.44. The average molecular weight is 269 g/mol. The number of unbranched alkanes of at least 4 members (excludes halogenated alkanes) is 5. The average Bonchev–Trinajstić information content (AvgIpc) is 2.34. The summed E-state index contributed by atoms with van der Waals surface area (Å²) < 4.78 is 0.914. The predicted molar refractivity (Wildman–Crippen MR) is 79.8 cm³/mol. The Morgan fingerprint density at radius 2 is 1.94 bits per heavy atom. The molecule has 0 aliphatic carbocycles. The Hall–Kier alpha value is -0.200. The third kappa shape index (κ3) is 6.11. The molecule has 1 aliphatic rings. The number of nitrogens with zero attached hydrogens (tertiary/aromatic N) is 2. The van der Waals surface area contributed by atoms with Crippen molar-refractivity contribution < 1.29 is 3.89 Å². The highest BCUT2D eigenvalue weighted by Crippen LogP contribution is 2.31. The van der Waals surface area contributed by atoms with Crippen molar-refractivity contribution in [1.29, 1.82) is 5.26 Å². The van der Waals surface area contributed by atoms with Crippen LogP contribution in [0.5, 0.6) is 0 Å². The highest BCUT2D eigenvalue weighted by atomic mass is 32.2. The van der Waals surface area contributed by atoms with Crippen LogP contribution in [-0.2, 0) is 0 Å². The van der Waals surface area contributed by atoms with Crippen LogP contribution in [0.3, 0.4) is 0 Å². The molecule has 0 amide bonds. The van der Waals surface area contributed by atoms with Crippen molar-refractivity contribution in [2.75, 3.05) is 20.1 Å². The molecule has 0 aromatic heterocycles. The van der Waals surface area contributed by atoms with Crippen LogP contribution in [0.25, 0.3) is 0 Å². The first kappa shape index (κ1) is 15.9. The standard InChI is InChI=1S/C15H29N2S/c1-3-4-5-6-7-8-10-15-11-9-12-17(2,13-15)18-14-16/h15H,3-13H2,1-2H3/q+1. The van der Waals surface area contributed by atoms with E-state index in [1.807, 2.05) is 0 Å². The first-order valence-corrected chi connectivity index (χ1v) is 8.40. The van der Waals surface area contributed by atoms with Gasteiger partial charge in [0.05, 0.1) is 20.1 Å². The van der Waals surface area contributed by atoms with E-state index in [0.29, 0.717) is 0 Å². The van der Waals surface area contributed by atoms with Gasteiger partial charge in [-0.2, -0.15) is 5.26 Å². The number of piperidine rings is 1. The van der Waals surface area contributed by atoms with Crippen LogP contribution in [0.15, 0.2) is 0 Å². The van der Waals surface area contributed by atoms with E-state index in [4.69, 9.17) is 5.26 Å². The Labute approximate surface area is 117 Å². The molecule has 1 heterocycles. The zero-order valence-electron chi connectivity index (χ0n) is 12.2. The third-order valence-corrected chi connectivity index (χ3v) is 4.97. The van der Waals surface area contributed by atoms with Crippen LogP contribution in [0.2, 0.25) is 0 Å². The maximum absolute atomic E-state index is 8.86. The quantitative estimate of drug-likeness (QED) is 0.275. The van der Waals surface area contributed by atoms with Crippen LogP contribution in [0.4, 0.5) is 0 Å². The lowest BCUT2D eigenvalue weighted by Gasteiger charge is -2.37. The van der Waals surface area contributed by atoms with Crippen molar-refractivity contribution in [2.24, 2.45) is 5.92 Å². The van der Waals surface area contributed by atoms with Gasteiger partial charge in [-0.25, -0.2) is 0 Å². The molecule has 1 aliphatic heterocycles. The summed E-state index contributed by atoms with van der Waals surface area (Å²) in [6.07, 6.45) is 12.4. The van der Waals surface area contributed by atoms with Crippen LogP contribution in [0.1, 0.15) is 64.7 Å². The van der Waals surface area contributed by atoms with E-state index in [9.17, 15) is 0 Å². The smallest absolute Gasteiger partial charge is 0.196 e. The minimum absolute atomic E-state index is 0.857. The Balaban J connectivity index is 2.13. The Morgan fingerprint density at radius 3 is 2.67 bits per heavy atom. The van der Waals surface area contributed by atoms with Gasteiger partial charge in [-0.05, 0) is 19.3 Å². The van der Waals surface area contributed by atoms with Gasteiger partial charge in [0.1, 0.15) is 0 Å². The predicted octanol–water partition coefficient (Wildman–Crippen LogP) is 4.72. The summed E-state index contributed by atoms with van der Waals surface area (Å²) in [5.41, 5.74) is 0. The van der Waals surface area contributed by atoms with E-state index in [1.165, 1.54) is 82.8 Å². The topological polar surface area (TPSA) is 23.8 Å². The molecule has 0 N–H and O–H groups in total. The van der Waals surface area contributed by atoms with Gasteiger partial charge in [-0.15, -0.1) is 0 Å². The van der Waals surface area contributed by atoms with Crippen LogP contribution >= 0.6 is 11.9 Å². The van der Waals surface area contributed by atoms with Gasteiger partial charge in [0.25, 0.3) is 0 Å². The molecule has 0 bridgehead atoms. The monoisotopic (exact) mass is 269 g/mol. The van der Waals surface area contributed by atoms with Crippen molar-refractivity contribution in [3.05, 3.63) is 0 Å². The van der Waals surface area contributed by atoms with E-state index in [0.717, 1.165) is 9.81 Å². The van der Waals surface area contributed by atoms with Crippen molar-refractivity contribution in [1.82, 2.24) is 0 Å². The molecule has 1 fully saturated rings. The molecular formula is C15H29N2S+. The fourth-order valence-corrected chi connectivity index (χ4v) is 3.78. The number of hydrogen-bond donors (Lipinski definition) is 0. The Bertz CT molecular complexity index is 262. The van der Waals surface area contributed by atoms with Crippen molar-refractivity contribution in [2.45, 2.75) is 64.7 Å². The van der Waals surface area contributed by atoms with E-state index in [2.05, 4.69) is 19.4 Å². The summed E-state index contributed by atoms with van der Waals surface area (Å²) in [7, 11) is 2.22. The number of rotatable bonds is 8. The summed E-state index contributed by atoms with van der Waals surface area (Å²) >= 11 is 1.45. The number of hydrogen-bond acceptors (Lipinski definition) is 2. The molecule has 1 rings (SSSR count). The first-order valence-electron chi connectivity index (χ1n) is 7.62. The van der Waals surface area contributed by atoms with Gasteiger partial charge in [-0.3, -0.25) is 3.89 Å². The molecule has 2 nitrogen and oxygen atoms in total. The van der Waals surface area contributed by atoms with Gasteiger partial charge in [-0.1, -0.05) is 45.4 Å². The van der Waals surface area contributed by atoms with Crippen LogP contribution in [0, 0.1) is 16.6 Å². The number of quaternary nitrogens is 1. The maximum Gasteiger partial charge on any atom is 0.196 e. The largest absolute Gasteiger partial charge is 0.250 e. The third-order valence-electron chi connectivity index (χ3n) is 4.12. The summed E-state index contributed by atoms with van der Waals surface area (Å²) in [4.78, 5) is 0. The van der Waals surface area contributed by atoms with Gasteiger partial charge in [0.2, 0.25) is 0 Å². The van der Waals surface area contributed by atoms with Gasteiger partial charge in [0.15, 0.2) is 17.3 Å². The fraction of sp³-hybridized carbons (Fsp3) is 0.933. The zero-order chi connectivity index (χ0) is 13.3. The van der Waals surface area contributed by atoms with Crippen LogP contribution < -0.4 is 0 Å². The fourth-order valence-electron chi connectivity index (χ4n) is 3.07. The van der Waals surface area contributed by atoms with Crippen molar-refractivity contribution in [3.8, 4) is 5.40 Å². The maximum atomic E-state index is 8.86. The summed E-state index contributed by atoms with van der Waals surface area (Å²) in [6, 6.07) is 0. The molecule has 104 valence electrons. The molecule has 0 aromatic rings. The summed E-state index contributed by atoms with van der Waals surface area (Å²) in [5.74, 6) is 0.857. The first-order chi connectivity index (χ1) is 8.70. The molecule has 18 heavy (non-hydrogen) atoms. The molecule has 0 spiro atoms. The van der Waals surface area contributed by atoms with Crippen molar-refractivity contribution >= 4 is 11.9 Å². The molecule has 0 aromatic carbocycles. The summed E-state index contributed by atoms with van der Waals surface area (Å²) in [5, 5.41) is 11.1. The lowest BCUT2D eigenvalue weighted by molar-refractivity contribution is -0.783. The zero-order valence-corrected chi connectivity index (χ0v) is 13.0. The SMILES string of the molecule is CCCCCCCCC1CCC[N+](C)(SC#N)C1. The number of nitriles is 1. The van der Waals surface area contributed by atoms with Gasteiger partial charge < -0.3 is 0 Å². The highest BCUT2D eigenvalue weighted by Gasteiger charge is 2.32. The van der Waals surface area contributed by atoms with E-state index in [-0.39, 0.29) is 0 Å². The highest BCUT2D eigenvalue weighted by molar-refractivity contribution is 7.98. The Kier molecular flexibility index (Phi) is 7.77. The second-order valence-electron chi connectivity index (χ2n) is 5.95. The van der Waals surface area contributed by atoms with Gasteiger partial charge >= 0.3 is 0 Å². The van der Waals surface area contributed by atoms with Crippen LogP contribution in [-0.4, -0.2) is 24.0 Å². The normalized spacial score (nSPS) is 27.9. The molecule has 2 unspecified atom stereocenters. The summed E-state index contributed by atoms with van der Waals surface area (Å²) in [6.45, 7) is 4.64. The minimum Gasteiger partial charge on any atom is -0.250 e. The Morgan fingerprint density at radius 1 is 1.22 bits per heavy atom. The molecular weight excluding hydrogens is 240 g/mol. The molecule has 3 heteroatoms. The lowest BCUT2D eigenvalue weighted by atomic mass is 9.92. The second-order valence-corrected chi connectivity index (χ2v) is 7.20. The van der Waals surface area contributed by atoms with E-state index >= 15 is 0 Å². The number of thiocyanates is 1. The molecule has 1 saturated heterocycles. The number of likely N-dealkylation sites (tertiary alicyclic amines) is 1. The molecule has 2 atom stereocenters. The van der Waals surface area contributed by atoms with Crippen molar-refractivity contribution in [3.63, 3.8) is 0 Å². The van der Waals surface area contributed by atoms with Gasteiger partial charge in [0, 0.05) is 5.92 Å². The van der Waals surface area contributed by atoms with E-state index in [1.54, 1.807) is 0 Å². The molecule has 0 saturated carbocycles. The minimum atomic E-state index is 0.857. The molecule has 0 radical (unpaired) electrons. The van der Waals surface area contributed by atoms with E-state index < -0.39 is 0 Å².